The molecule has 3 atom stereocenters. The van der Waals surface area contributed by atoms with Gasteiger partial charge >= 0.3 is 0 Å². The summed E-state index contributed by atoms with van der Waals surface area (Å²) in [6, 6.07) is 0. The standard InChI is InChI=1S/C23H36O4.C21H40/c1-7-8-9-11-16(2)12-10-13-17(3)14-15-19-18(4)20(24)22(26-5)23(27-6)21(19)25;1-7-11-19(4)14-9-15-21(6)17-10-16-20(5)13-8-12-18(2)3/h1,16-17,24-25H,8-15H2,2-6H3;15-16,18-19H,7-14,17H2,1-6H3/b;20-16-,21-15-. The van der Waals surface area contributed by atoms with Gasteiger partial charge in [0.25, 0.3) is 0 Å². The third kappa shape index (κ3) is 20.1. The predicted molar refractivity (Wildman–Crippen MR) is 210 cm³/mol. The molecular formula is C44H76O4. The van der Waals surface area contributed by atoms with Gasteiger partial charge in [0.05, 0.1) is 14.2 Å². The molecule has 0 amide bonds. The van der Waals surface area contributed by atoms with Crippen LogP contribution in [0.5, 0.6) is 23.0 Å². The molecule has 0 fully saturated rings. The zero-order chi connectivity index (χ0) is 36.5. The minimum absolute atomic E-state index is 0.0376. The van der Waals surface area contributed by atoms with Crippen molar-refractivity contribution in [1.29, 1.82) is 0 Å². The van der Waals surface area contributed by atoms with Crippen molar-refractivity contribution in [1.82, 2.24) is 0 Å². The van der Waals surface area contributed by atoms with Crippen LogP contribution < -0.4 is 9.47 Å². The number of phenols is 2. The van der Waals surface area contributed by atoms with E-state index in [0.29, 0.717) is 17.9 Å². The Labute approximate surface area is 298 Å². The molecule has 0 aliphatic carbocycles. The Hall–Kier alpha value is -2.54. The van der Waals surface area contributed by atoms with E-state index in [9.17, 15) is 10.2 Å². The Balaban J connectivity index is 0.000000952. The van der Waals surface area contributed by atoms with Gasteiger partial charge in [-0.25, -0.2) is 0 Å². The van der Waals surface area contributed by atoms with Crippen LogP contribution in [0.1, 0.15) is 169 Å². The summed E-state index contributed by atoms with van der Waals surface area (Å²) >= 11 is 0. The van der Waals surface area contributed by atoms with Gasteiger partial charge in [-0.1, -0.05) is 103 Å². The number of methoxy groups -OCH3 is 2. The minimum Gasteiger partial charge on any atom is -0.504 e. The molecule has 1 aromatic carbocycles. The molecular weight excluding hydrogens is 592 g/mol. The van der Waals surface area contributed by atoms with Gasteiger partial charge in [0.1, 0.15) is 0 Å². The molecule has 3 unspecified atom stereocenters. The molecule has 0 saturated heterocycles. The SMILES string of the molecule is C#CCCCC(C)CCCC(C)CCc1c(C)c(O)c(OC)c(OC)c1O.CCCC(C)CC/C=C(/C)CC/C=C(/C)CCCC(C)C. The fourth-order valence-corrected chi connectivity index (χ4v) is 6.37. The molecule has 2 N–H and O–H groups in total. The van der Waals surface area contributed by atoms with Gasteiger partial charge in [0.15, 0.2) is 11.5 Å². The third-order valence-corrected chi connectivity index (χ3v) is 9.76. The predicted octanol–water partition coefficient (Wildman–Crippen LogP) is 13.3. The highest BCUT2D eigenvalue weighted by molar-refractivity contribution is 5.65. The Morgan fingerprint density at radius 3 is 1.83 bits per heavy atom. The van der Waals surface area contributed by atoms with Crippen molar-refractivity contribution in [3.8, 4) is 35.3 Å². The lowest BCUT2D eigenvalue weighted by Gasteiger charge is -2.19. The Morgan fingerprint density at radius 1 is 0.708 bits per heavy atom. The van der Waals surface area contributed by atoms with Crippen LogP contribution in [0, 0.1) is 42.9 Å². The quantitative estimate of drug-likeness (QED) is 0.0498. The van der Waals surface area contributed by atoms with Gasteiger partial charge < -0.3 is 19.7 Å². The molecule has 0 spiro atoms. The van der Waals surface area contributed by atoms with Crippen LogP contribution in [0.25, 0.3) is 0 Å². The van der Waals surface area contributed by atoms with E-state index in [2.05, 4.69) is 73.5 Å². The van der Waals surface area contributed by atoms with Crippen LogP contribution in [0.2, 0.25) is 0 Å². The largest absolute Gasteiger partial charge is 0.504 e. The summed E-state index contributed by atoms with van der Waals surface area (Å²) < 4.78 is 10.4. The van der Waals surface area contributed by atoms with Crippen LogP contribution in [0.4, 0.5) is 0 Å². The topological polar surface area (TPSA) is 58.9 Å². The van der Waals surface area contributed by atoms with Crippen molar-refractivity contribution < 1.29 is 19.7 Å². The van der Waals surface area contributed by atoms with Gasteiger partial charge in [-0.15, -0.1) is 12.3 Å². The van der Waals surface area contributed by atoms with E-state index in [1.165, 1.54) is 97.7 Å². The molecule has 1 aromatic rings. The molecule has 276 valence electrons. The average molecular weight is 669 g/mol. The average Bonchev–Trinajstić information content (AvgIpc) is 3.03. The fourth-order valence-electron chi connectivity index (χ4n) is 6.37. The second-order valence-electron chi connectivity index (χ2n) is 15.0. The molecule has 48 heavy (non-hydrogen) atoms. The molecule has 0 radical (unpaired) electrons. The van der Waals surface area contributed by atoms with Crippen molar-refractivity contribution in [2.45, 2.75) is 171 Å². The maximum absolute atomic E-state index is 10.5. The number of ether oxygens (including phenoxy) is 2. The normalized spacial score (nSPS) is 13.8. The van der Waals surface area contributed by atoms with E-state index in [1.807, 2.05) is 0 Å². The van der Waals surface area contributed by atoms with E-state index in [1.54, 1.807) is 18.1 Å². The highest BCUT2D eigenvalue weighted by Crippen LogP contribution is 2.48. The monoisotopic (exact) mass is 669 g/mol. The first-order valence-electron chi connectivity index (χ1n) is 19.2. The number of rotatable bonds is 24. The molecule has 0 aliphatic heterocycles. The second kappa shape index (κ2) is 27.3. The highest BCUT2D eigenvalue weighted by Gasteiger charge is 2.23. The maximum Gasteiger partial charge on any atom is 0.207 e. The van der Waals surface area contributed by atoms with E-state index < -0.39 is 0 Å². The number of aromatic hydroxyl groups is 2. The molecule has 0 aromatic heterocycles. The lowest BCUT2D eigenvalue weighted by atomic mass is 9.91. The number of terminal acetylenes is 1. The first kappa shape index (κ1) is 45.5. The maximum atomic E-state index is 10.5. The van der Waals surface area contributed by atoms with Gasteiger partial charge in [-0.05, 0) is 109 Å². The summed E-state index contributed by atoms with van der Waals surface area (Å²) in [6.45, 7) is 20.2. The van der Waals surface area contributed by atoms with Crippen LogP contribution in [-0.2, 0) is 6.42 Å². The van der Waals surface area contributed by atoms with Gasteiger partial charge in [0.2, 0.25) is 11.5 Å². The van der Waals surface area contributed by atoms with Crippen molar-refractivity contribution in [2.24, 2.45) is 23.7 Å². The molecule has 0 bridgehead atoms. The van der Waals surface area contributed by atoms with E-state index >= 15 is 0 Å². The number of allylic oxidation sites excluding steroid dienone is 4. The number of benzene rings is 1. The Kier molecular flexibility index (Phi) is 25.9. The Bertz CT molecular complexity index is 1090. The van der Waals surface area contributed by atoms with Crippen LogP contribution in [-0.4, -0.2) is 24.4 Å². The number of hydrogen-bond acceptors (Lipinski definition) is 4. The first-order chi connectivity index (χ1) is 22.8. The molecule has 0 aliphatic rings. The summed E-state index contributed by atoms with van der Waals surface area (Å²) in [5, 5.41) is 20.9. The number of unbranched alkanes of at least 4 members (excludes halogenated alkanes) is 1. The molecule has 4 heteroatoms. The van der Waals surface area contributed by atoms with Crippen LogP contribution >= 0.6 is 0 Å². The smallest absolute Gasteiger partial charge is 0.207 e. The number of hydrogen-bond donors (Lipinski definition) is 2. The molecule has 0 heterocycles. The van der Waals surface area contributed by atoms with Crippen molar-refractivity contribution in [3.63, 3.8) is 0 Å². The molecule has 0 saturated carbocycles. The van der Waals surface area contributed by atoms with Crippen molar-refractivity contribution >= 4 is 0 Å². The van der Waals surface area contributed by atoms with Gasteiger partial charge in [0, 0.05) is 17.5 Å². The molecule has 1 rings (SSSR count). The highest BCUT2D eigenvalue weighted by atomic mass is 16.5. The Morgan fingerprint density at radius 2 is 1.25 bits per heavy atom. The minimum atomic E-state index is 0.0376. The second-order valence-corrected chi connectivity index (χ2v) is 15.0. The third-order valence-electron chi connectivity index (χ3n) is 9.76. The molecule has 4 nitrogen and oxygen atoms in total. The van der Waals surface area contributed by atoms with Crippen molar-refractivity contribution in [2.75, 3.05) is 14.2 Å². The zero-order valence-electron chi connectivity index (χ0n) is 33.3. The zero-order valence-corrected chi connectivity index (χ0v) is 33.3. The van der Waals surface area contributed by atoms with Crippen LogP contribution in [0.3, 0.4) is 0 Å². The van der Waals surface area contributed by atoms with E-state index in [-0.39, 0.29) is 23.0 Å². The fraction of sp³-hybridized carbons (Fsp3) is 0.727. The van der Waals surface area contributed by atoms with Gasteiger partial charge in [-0.2, -0.15) is 0 Å². The lowest BCUT2D eigenvalue weighted by Crippen LogP contribution is -2.03. The lowest BCUT2D eigenvalue weighted by molar-refractivity contribution is 0.313. The summed E-state index contributed by atoms with van der Waals surface area (Å²) in [4.78, 5) is 0. The van der Waals surface area contributed by atoms with Gasteiger partial charge in [-0.3, -0.25) is 0 Å². The van der Waals surface area contributed by atoms with Crippen molar-refractivity contribution in [3.05, 3.63) is 34.4 Å². The summed E-state index contributed by atoms with van der Waals surface area (Å²) in [7, 11) is 2.91. The first-order valence-corrected chi connectivity index (χ1v) is 19.2. The summed E-state index contributed by atoms with van der Waals surface area (Å²) in [6.07, 6.45) is 30.5. The van der Waals surface area contributed by atoms with E-state index in [0.717, 1.165) is 42.6 Å². The van der Waals surface area contributed by atoms with Crippen LogP contribution in [0.15, 0.2) is 23.3 Å². The summed E-state index contributed by atoms with van der Waals surface area (Å²) in [5.41, 5.74) is 4.55. The number of phenolic OH excluding ortho intramolecular Hbond substituents is 2. The summed E-state index contributed by atoms with van der Waals surface area (Å²) in [5.74, 6) is 6.20. The van der Waals surface area contributed by atoms with E-state index in [4.69, 9.17) is 15.9 Å².